The summed E-state index contributed by atoms with van der Waals surface area (Å²) in [6.45, 7) is 7.35. The summed E-state index contributed by atoms with van der Waals surface area (Å²) in [7, 11) is 3.07. The van der Waals surface area contributed by atoms with Crippen LogP contribution in [0.2, 0.25) is 0 Å². The predicted molar refractivity (Wildman–Crippen MR) is 83.6 cm³/mol. The molecule has 6 nitrogen and oxygen atoms in total. The molecule has 0 saturated heterocycles. The summed E-state index contributed by atoms with van der Waals surface area (Å²) in [4.78, 5) is 22.6. The molecular weight excluding hydrogens is 284 g/mol. The Morgan fingerprint density at radius 2 is 1.36 bits per heavy atom. The van der Waals surface area contributed by atoms with Crippen LogP contribution in [-0.2, 0) is 22.7 Å². The lowest BCUT2D eigenvalue weighted by atomic mass is 10.1. The molecule has 2 N–H and O–H groups in total. The van der Waals surface area contributed by atoms with Gasteiger partial charge in [0.2, 0.25) is 11.8 Å². The number of carbonyl (C=O) groups is 2. The molecule has 118 valence electrons. The summed E-state index contributed by atoms with van der Waals surface area (Å²) in [5, 5.41) is 5.37. The van der Waals surface area contributed by atoms with Crippen LogP contribution in [-0.4, -0.2) is 26.0 Å². The van der Waals surface area contributed by atoms with Crippen LogP contribution in [0.5, 0.6) is 11.5 Å². The molecule has 0 saturated carbocycles. The van der Waals surface area contributed by atoms with E-state index in [2.05, 4.69) is 23.8 Å². The van der Waals surface area contributed by atoms with Crippen LogP contribution >= 0.6 is 0 Å². The minimum Gasteiger partial charge on any atom is -0.496 e. The number of amides is 2. The molecule has 1 rings (SSSR count). The summed E-state index contributed by atoms with van der Waals surface area (Å²) in [5.41, 5.74) is 1.53. The van der Waals surface area contributed by atoms with E-state index in [0.29, 0.717) is 11.5 Å². The summed E-state index contributed by atoms with van der Waals surface area (Å²) in [5.74, 6) is 0.610. The zero-order chi connectivity index (χ0) is 16.5. The molecule has 0 radical (unpaired) electrons. The van der Waals surface area contributed by atoms with Crippen LogP contribution in [0.4, 0.5) is 0 Å². The first kappa shape index (κ1) is 17.3. The Hall–Kier alpha value is -2.76. The maximum Gasteiger partial charge on any atom is 0.243 e. The molecule has 1 aromatic rings. The second-order valence-electron chi connectivity index (χ2n) is 4.32. The minimum atomic E-state index is -0.278. The molecule has 0 bridgehead atoms. The molecule has 22 heavy (non-hydrogen) atoms. The Morgan fingerprint density at radius 3 is 1.68 bits per heavy atom. The molecule has 0 unspecified atom stereocenters. The normalized spacial score (nSPS) is 9.55. The third-order valence-corrected chi connectivity index (χ3v) is 2.96. The van der Waals surface area contributed by atoms with Gasteiger partial charge in [0.1, 0.15) is 11.5 Å². The third kappa shape index (κ3) is 4.66. The highest BCUT2D eigenvalue weighted by atomic mass is 16.5. The van der Waals surface area contributed by atoms with Crippen molar-refractivity contribution < 1.29 is 19.1 Å². The van der Waals surface area contributed by atoms with Crippen LogP contribution in [0.1, 0.15) is 11.1 Å². The van der Waals surface area contributed by atoms with Gasteiger partial charge in [-0.15, -0.1) is 0 Å². The van der Waals surface area contributed by atoms with Crippen molar-refractivity contribution in [3.8, 4) is 11.5 Å². The molecule has 0 fully saturated rings. The van der Waals surface area contributed by atoms with E-state index in [1.807, 2.05) is 6.07 Å². The average Bonchev–Trinajstić information content (AvgIpc) is 2.56. The number of benzene rings is 1. The third-order valence-electron chi connectivity index (χ3n) is 2.96. The van der Waals surface area contributed by atoms with Gasteiger partial charge in [0.25, 0.3) is 0 Å². The van der Waals surface area contributed by atoms with Gasteiger partial charge < -0.3 is 20.1 Å². The van der Waals surface area contributed by atoms with Crippen LogP contribution in [0.3, 0.4) is 0 Å². The highest BCUT2D eigenvalue weighted by molar-refractivity contribution is 5.87. The molecule has 0 aliphatic heterocycles. The first-order chi connectivity index (χ1) is 10.5. The number of nitrogens with one attached hydrogen (secondary N) is 2. The Balaban J connectivity index is 3.03. The van der Waals surface area contributed by atoms with Gasteiger partial charge in [0.05, 0.1) is 14.2 Å². The fraction of sp³-hybridized carbons (Fsp3) is 0.250. The minimum absolute atomic E-state index is 0.278. The van der Waals surface area contributed by atoms with E-state index < -0.39 is 0 Å². The summed E-state index contributed by atoms with van der Waals surface area (Å²) < 4.78 is 10.6. The van der Waals surface area contributed by atoms with E-state index in [4.69, 9.17) is 9.47 Å². The molecular formula is C16H20N2O4. The number of carbonyl (C=O) groups excluding carboxylic acids is 2. The van der Waals surface area contributed by atoms with Gasteiger partial charge in [-0.1, -0.05) is 13.2 Å². The zero-order valence-electron chi connectivity index (χ0n) is 12.8. The molecule has 0 heterocycles. The van der Waals surface area contributed by atoms with Crippen LogP contribution in [0.25, 0.3) is 0 Å². The second-order valence-corrected chi connectivity index (χ2v) is 4.32. The maximum atomic E-state index is 11.3. The monoisotopic (exact) mass is 304 g/mol. The fourth-order valence-corrected chi connectivity index (χ4v) is 1.82. The van der Waals surface area contributed by atoms with Crippen LogP contribution in [0, 0.1) is 0 Å². The van der Waals surface area contributed by atoms with Gasteiger partial charge in [0, 0.05) is 30.3 Å². The van der Waals surface area contributed by atoms with E-state index in [1.54, 1.807) is 6.07 Å². The van der Waals surface area contributed by atoms with Crippen molar-refractivity contribution in [2.24, 2.45) is 0 Å². The van der Waals surface area contributed by atoms with Gasteiger partial charge in [-0.3, -0.25) is 9.59 Å². The van der Waals surface area contributed by atoms with Crippen molar-refractivity contribution in [1.29, 1.82) is 0 Å². The van der Waals surface area contributed by atoms with Gasteiger partial charge in [-0.05, 0) is 18.2 Å². The molecule has 2 amide bonds. The molecule has 0 aromatic heterocycles. The summed E-state index contributed by atoms with van der Waals surface area (Å²) >= 11 is 0. The second kappa shape index (κ2) is 8.51. The van der Waals surface area contributed by atoms with Crippen molar-refractivity contribution in [3.63, 3.8) is 0 Å². The van der Waals surface area contributed by atoms with Crippen LogP contribution < -0.4 is 20.1 Å². The number of rotatable bonds is 8. The first-order valence-corrected chi connectivity index (χ1v) is 6.60. The van der Waals surface area contributed by atoms with Gasteiger partial charge in [-0.2, -0.15) is 0 Å². The molecule has 0 aliphatic carbocycles. The van der Waals surface area contributed by atoms with Gasteiger partial charge in [0.15, 0.2) is 0 Å². The highest BCUT2D eigenvalue weighted by Crippen LogP contribution is 2.29. The van der Waals surface area contributed by atoms with Crippen molar-refractivity contribution in [2.75, 3.05) is 14.2 Å². The van der Waals surface area contributed by atoms with E-state index in [-0.39, 0.29) is 24.9 Å². The molecule has 6 heteroatoms. The smallest absolute Gasteiger partial charge is 0.243 e. The molecule has 0 spiro atoms. The summed E-state index contributed by atoms with van der Waals surface area (Å²) in [6, 6.07) is 3.52. The molecule has 0 atom stereocenters. The Bertz CT molecular complexity index is 535. The van der Waals surface area contributed by atoms with E-state index in [1.165, 1.54) is 26.4 Å². The average molecular weight is 304 g/mol. The number of hydrogen-bond acceptors (Lipinski definition) is 4. The largest absolute Gasteiger partial charge is 0.496 e. The molecule has 1 aromatic carbocycles. The SMILES string of the molecule is C=CC(=O)NCc1cc(CNC(=O)C=C)c(OC)cc1OC. The van der Waals surface area contributed by atoms with Crippen molar-refractivity contribution in [3.05, 3.63) is 48.6 Å². The highest BCUT2D eigenvalue weighted by Gasteiger charge is 2.12. The lowest BCUT2D eigenvalue weighted by Crippen LogP contribution is -2.22. The summed E-state index contributed by atoms with van der Waals surface area (Å²) in [6.07, 6.45) is 2.39. The van der Waals surface area contributed by atoms with E-state index in [0.717, 1.165) is 11.1 Å². The Morgan fingerprint density at radius 1 is 0.955 bits per heavy atom. The van der Waals surface area contributed by atoms with Crippen LogP contribution in [0.15, 0.2) is 37.4 Å². The lowest BCUT2D eigenvalue weighted by molar-refractivity contribution is -0.117. The van der Waals surface area contributed by atoms with E-state index >= 15 is 0 Å². The number of methoxy groups -OCH3 is 2. The topological polar surface area (TPSA) is 76.7 Å². The van der Waals surface area contributed by atoms with Gasteiger partial charge >= 0.3 is 0 Å². The number of ether oxygens (including phenoxy) is 2. The first-order valence-electron chi connectivity index (χ1n) is 6.60. The zero-order valence-corrected chi connectivity index (χ0v) is 12.8. The van der Waals surface area contributed by atoms with E-state index in [9.17, 15) is 9.59 Å². The number of hydrogen-bond donors (Lipinski definition) is 2. The maximum absolute atomic E-state index is 11.3. The Kier molecular flexibility index (Phi) is 6.69. The fourth-order valence-electron chi connectivity index (χ4n) is 1.82. The standard InChI is InChI=1S/C16H20N2O4/c1-5-15(19)17-9-11-7-12(10-18-16(20)6-2)14(22-4)8-13(11)21-3/h5-8H,1-2,9-10H2,3-4H3,(H,17,19)(H,18,20). The Labute approximate surface area is 129 Å². The van der Waals surface area contributed by atoms with Crippen molar-refractivity contribution in [1.82, 2.24) is 10.6 Å². The predicted octanol–water partition coefficient (Wildman–Crippen LogP) is 1.31. The molecule has 0 aliphatic rings. The van der Waals surface area contributed by atoms with Crippen molar-refractivity contribution in [2.45, 2.75) is 13.1 Å². The quantitative estimate of drug-likeness (QED) is 0.710. The lowest BCUT2D eigenvalue weighted by Gasteiger charge is -2.15. The van der Waals surface area contributed by atoms with Crippen molar-refractivity contribution >= 4 is 11.8 Å². The van der Waals surface area contributed by atoms with Gasteiger partial charge in [-0.25, -0.2) is 0 Å².